The summed E-state index contributed by atoms with van der Waals surface area (Å²) in [6, 6.07) is 9.10. The van der Waals surface area contributed by atoms with Gasteiger partial charge in [-0.3, -0.25) is 0 Å². The SMILES string of the molecule is CCOC1CCCN(C(=O)NCCN2c3ccccc3CC2C)C1. The van der Waals surface area contributed by atoms with Crippen LogP contribution in [-0.2, 0) is 11.2 Å². The van der Waals surface area contributed by atoms with Crippen LogP contribution < -0.4 is 10.2 Å². The Kier molecular flexibility index (Phi) is 5.61. The maximum absolute atomic E-state index is 12.4. The van der Waals surface area contributed by atoms with Crippen molar-refractivity contribution in [3.8, 4) is 0 Å². The van der Waals surface area contributed by atoms with Crippen molar-refractivity contribution < 1.29 is 9.53 Å². The number of nitrogens with one attached hydrogen (secondary N) is 1. The maximum Gasteiger partial charge on any atom is 0.317 e. The lowest BCUT2D eigenvalue weighted by molar-refractivity contribution is 0.0165. The smallest absolute Gasteiger partial charge is 0.317 e. The summed E-state index contributed by atoms with van der Waals surface area (Å²) < 4.78 is 5.67. The number of para-hydroxylation sites is 1. The highest BCUT2D eigenvalue weighted by atomic mass is 16.5. The molecule has 1 fully saturated rings. The van der Waals surface area contributed by atoms with E-state index >= 15 is 0 Å². The molecule has 0 bridgehead atoms. The molecule has 2 aliphatic heterocycles. The molecule has 2 unspecified atom stereocenters. The first-order valence-corrected chi connectivity index (χ1v) is 9.18. The third-order valence-corrected chi connectivity index (χ3v) is 5.05. The summed E-state index contributed by atoms with van der Waals surface area (Å²) in [7, 11) is 0. The molecule has 2 amide bonds. The number of benzene rings is 1. The summed E-state index contributed by atoms with van der Waals surface area (Å²) in [5.41, 5.74) is 2.72. The summed E-state index contributed by atoms with van der Waals surface area (Å²) in [4.78, 5) is 16.7. The van der Waals surface area contributed by atoms with Crippen LogP contribution in [0.2, 0.25) is 0 Å². The summed E-state index contributed by atoms with van der Waals surface area (Å²) in [5, 5.41) is 3.08. The van der Waals surface area contributed by atoms with Gasteiger partial charge in [0.15, 0.2) is 0 Å². The summed E-state index contributed by atoms with van der Waals surface area (Å²) >= 11 is 0. The Morgan fingerprint density at radius 1 is 1.38 bits per heavy atom. The Morgan fingerprint density at radius 3 is 3.04 bits per heavy atom. The van der Waals surface area contributed by atoms with Crippen LogP contribution in [0.15, 0.2) is 24.3 Å². The summed E-state index contributed by atoms with van der Waals surface area (Å²) in [5.74, 6) is 0. The molecule has 0 aliphatic carbocycles. The van der Waals surface area contributed by atoms with E-state index < -0.39 is 0 Å². The van der Waals surface area contributed by atoms with Crippen LogP contribution in [0.4, 0.5) is 10.5 Å². The molecule has 132 valence electrons. The highest BCUT2D eigenvalue weighted by molar-refractivity contribution is 5.74. The molecule has 0 saturated carbocycles. The molecular weight excluding hydrogens is 302 g/mol. The fraction of sp³-hybridized carbons (Fsp3) is 0.632. The van der Waals surface area contributed by atoms with Crippen LogP contribution in [0.1, 0.15) is 32.3 Å². The van der Waals surface area contributed by atoms with Crippen LogP contribution in [-0.4, -0.2) is 55.9 Å². The number of carbonyl (C=O) groups excluding carboxylic acids is 1. The number of fused-ring (bicyclic) bond motifs is 1. The number of hydrogen-bond donors (Lipinski definition) is 1. The highest BCUT2D eigenvalue weighted by Gasteiger charge is 2.26. The minimum absolute atomic E-state index is 0.0412. The van der Waals surface area contributed by atoms with Gasteiger partial charge in [0.2, 0.25) is 0 Å². The lowest BCUT2D eigenvalue weighted by Gasteiger charge is -2.33. The van der Waals surface area contributed by atoms with Gasteiger partial charge in [-0.25, -0.2) is 4.79 Å². The van der Waals surface area contributed by atoms with E-state index in [1.165, 1.54) is 11.3 Å². The molecule has 2 aliphatic rings. The molecule has 1 aromatic carbocycles. The Morgan fingerprint density at radius 2 is 2.21 bits per heavy atom. The van der Waals surface area contributed by atoms with Crippen molar-refractivity contribution in [3.63, 3.8) is 0 Å². The fourth-order valence-corrected chi connectivity index (χ4v) is 3.86. The van der Waals surface area contributed by atoms with E-state index in [0.29, 0.717) is 25.7 Å². The normalized spacial score (nSPS) is 23.2. The Labute approximate surface area is 145 Å². The van der Waals surface area contributed by atoms with Gasteiger partial charge in [0.25, 0.3) is 0 Å². The largest absolute Gasteiger partial charge is 0.377 e. The molecule has 0 aromatic heterocycles. The van der Waals surface area contributed by atoms with Crippen molar-refractivity contribution in [2.75, 3.05) is 37.7 Å². The second-order valence-corrected chi connectivity index (χ2v) is 6.77. The number of ether oxygens (including phenoxy) is 1. The number of piperidine rings is 1. The first-order chi connectivity index (χ1) is 11.7. The second-order valence-electron chi connectivity index (χ2n) is 6.77. The molecule has 2 atom stereocenters. The number of urea groups is 1. The maximum atomic E-state index is 12.4. The first kappa shape index (κ1) is 17.1. The number of anilines is 1. The van der Waals surface area contributed by atoms with Crippen molar-refractivity contribution in [1.82, 2.24) is 10.2 Å². The predicted molar refractivity (Wildman–Crippen MR) is 96.6 cm³/mol. The van der Waals surface area contributed by atoms with Gasteiger partial charge >= 0.3 is 6.03 Å². The van der Waals surface area contributed by atoms with E-state index in [-0.39, 0.29) is 12.1 Å². The number of nitrogens with zero attached hydrogens (tertiary/aromatic N) is 2. The van der Waals surface area contributed by atoms with Crippen LogP contribution in [0.3, 0.4) is 0 Å². The van der Waals surface area contributed by atoms with Crippen LogP contribution in [0.25, 0.3) is 0 Å². The third kappa shape index (κ3) is 3.83. The zero-order chi connectivity index (χ0) is 16.9. The quantitative estimate of drug-likeness (QED) is 0.902. The number of carbonyl (C=O) groups is 1. The standard InChI is InChI=1S/C19H29N3O2/c1-3-24-17-8-6-11-21(14-17)19(23)20-10-12-22-15(2)13-16-7-4-5-9-18(16)22/h4-5,7,9,15,17H,3,6,8,10-14H2,1-2H3,(H,20,23). The molecule has 5 nitrogen and oxygen atoms in total. The topological polar surface area (TPSA) is 44.8 Å². The average molecular weight is 331 g/mol. The van der Waals surface area contributed by atoms with Gasteiger partial charge in [0, 0.05) is 44.5 Å². The zero-order valence-corrected chi connectivity index (χ0v) is 14.8. The van der Waals surface area contributed by atoms with Gasteiger partial charge in [-0.2, -0.15) is 0 Å². The Balaban J connectivity index is 1.47. The second kappa shape index (κ2) is 7.88. The highest BCUT2D eigenvalue weighted by Crippen LogP contribution is 2.31. The summed E-state index contributed by atoms with van der Waals surface area (Å²) in [6.45, 7) is 8.04. The van der Waals surface area contributed by atoms with Gasteiger partial charge in [0.1, 0.15) is 0 Å². The van der Waals surface area contributed by atoms with Gasteiger partial charge in [-0.1, -0.05) is 18.2 Å². The van der Waals surface area contributed by atoms with E-state index in [1.54, 1.807) is 0 Å². The predicted octanol–water partition coefficient (Wildman–Crippen LogP) is 2.65. The lowest BCUT2D eigenvalue weighted by atomic mass is 10.1. The third-order valence-electron chi connectivity index (χ3n) is 5.05. The van der Waals surface area contributed by atoms with Crippen molar-refractivity contribution in [1.29, 1.82) is 0 Å². The van der Waals surface area contributed by atoms with Gasteiger partial charge in [-0.05, 0) is 44.7 Å². The van der Waals surface area contributed by atoms with Crippen molar-refractivity contribution >= 4 is 11.7 Å². The van der Waals surface area contributed by atoms with Gasteiger partial charge < -0.3 is 19.9 Å². The van der Waals surface area contributed by atoms with E-state index in [4.69, 9.17) is 4.74 Å². The molecule has 2 heterocycles. The number of amides is 2. The van der Waals surface area contributed by atoms with Crippen LogP contribution in [0, 0.1) is 0 Å². The van der Waals surface area contributed by atoms with E-state index in [1.807, 2.05) is 11.8 Å². The monoisotopic (exact) mass is 331 g/mol. The number of hydrogen-bond acceptors (Lipinski definition) is 3. The molecule has 3 rings (SSSR count). The van der Waals surface area contributed by atoms with E-state index in [0.717, 1.165) is 32.4 Å². The van der Waals surface area contributed by atoms with Crippen molar-refractivity contribution in [3.05, 3.63) is 29.8 Å². The minimum Gasteiger partial charge on any atom is -0.377 e. The van der Waals surface area contributed by atoms with Crippen LogP contribution in [0.5, 0.6) is 0 Å². The number of rotatable bonds is 5. The fourth-order valence-electron chi connectivity index (χ4n) is 3.86. The van der Waals surface area contributed by atoms with Gasteiger partial charge in [0.05, 0.1) is 6.10 Å². The Hall–Kier alpha value is -1.75. The minimum atomic E-state index is 0.0412. The molecule has 5 heteroatoms. The van der Waals surface area contributed by atoms with Crippen molar-refractivity contribution in [2.24, 2.45) is 0 Å². The van der Waals surface area contributed by atoms with E-state index in [2.05, 4.69) is 41.4 Å². The molecule has 24 heavy (non-hydrogen) atoms. The molecule has 1 N–H and O–H groups in total. The average Bonchev–Trinajstić information content (AvgIpc) is 2.91. The van der Waals surface area contributed by atoms with Crippen molar-refractivity contribution in [2.45, 2.75) is 45.3 Å². The van der Waals surface area contributed by atoms with E-state index in [9.17, 15) is 4.79 Å². The zero-order valence-electron chi connectivity index (χ0n) is 14.8. The first-order valence-electron chi connectivity index (χ1n) is 9.18. The molecule has 0 radical (unpaired) electrons. The summed E-state index contributed by atoms with van der Waals surface area (Å²) in [6.07, 6.45) is 3.36. The molecular formula is C19H29N3O2. The molecule has 0 spiro atoms. The Bertz CT molecular complexity index is 561. The van der Waals surface area contributed by atoms with Crippen LogP contribution >= 0.6 is 0 Å². The molecule has 1 saturated heterocycles. The number of likely N-dealkylation sites (tertiary alicyclic amines) is 1. The lowest BCUT2D eigenvalue weighted by Crippen LogP contribution is -2.49. The molecule has 1 aromatic rings. The van der Waals surface area contributed by atoms with Gasteiger partial charge in [-0.15, -0.1) is 0 Å².